The summed E-state index contributed by atoms with van der Waals surface area (Å²) in [7, 11) is 3.82. The van der Waals surface area contributed by atoms with Crippen molar-refractivity contribution in [3.63, 3.8) is 0 Å². The fraction of sp³-hybridized carbons (Fsp3) is 0.269. The van der Waals surface area contributed by atoms with Gasteiger partial charge < -0.3 is 19.4 Å². The molecule has 0 radical (unpaired) electrons. The Hall–Kier alpha value is -3.13. The second-order valence-corrected chi connectivity index (χ2v) is 9.23. The third kappa shape index (κ3) is 4.39. The molecule has 7 heteroatoms. The molecule has 5 rings (SSSR count). The van der Waals surface area contributed by atoms with E-state index in [2.05, 4.69) is 34.3 Å². The average molecular weight is 462 g/mol. The van der Waals surface area contributed by atoms with E-state index in [4.69, 9.17) is 9.15 Å². The third-order valence-electron chi connectivity index (χ3n) is 6.19. The van der Waals surface area contributed by atoms with Crippen LogP contribution in [0, 0.1) is 0 Å². The van der Waals surface area contributed by atoms with Crippen LogP contribution in [0.5, 0.6) is 5.75 Å². The minimum absolute atomic E-state index is 0.121. The molecule has 0 bridgehead atoms. The van der Waals surface area contributed by atoms with Crippen LogP contribution in [-0.2, 0) is 0 Å². The number of para-hydroxylation sites is 1. The van der Waals surface area contributed by atoms with E-state index in [-0.39, 0.29) is 11.9 Å². The number of anilines is 1. The van der Waals surface area contributed by atoms with Gasteiger partial charge in [0, 0.05) is 31.6 Å². The molecule has 1 aliphatic rings. The Labute approximate surface area is 197 Å². The van der Waals surface area contributed by atoms with Gasteiger partial charge >= 0.3 is 0 Å². The summed E-state index contributed by atoms with van der Waals surface area (Å²) < 4.78 is 11.9. The highest BCUT2D eigenvalue weighted by atomic mass is 32.1. The number of furan rings is 1. The zero-order valence-electron chi connectivity index (χ0n) is 18.8. The Kier molecular flexibility index (Phi) is 6.17. The van der Waals surface area contributed by atoms with Gasteiger partial charge in [-0.2, -0.15) is 0 Å². The maximum Gasteiger partial charge on any atom is 0.265 e. The number of hydrogen-bond acceptors (Lipinski definition) is 6. The van der Waals surface area contributed by atoms with Gasteiger partial charge in [-0.1, -0.05) is 30.3 Å². The van der Waals surface area contributed by atoms with Crippen LogP contribution < -0.4 is 10.1 Å². The second-order valence-electron chi connectivity index (χ2n) is 8.28. The first-order valence-corrected chi connectivity index (χ1v) is 11.9. The Bertz CT molecular complexity index is 1230. The van der Waals surface area contributed by atoms with E-state index >= 15 is 0 Å². The molecule has 3 heterocycles. The molecule has 1 fully saturated rings. The number of nitrogens with one attached hydrogen (secondary N) is 1. The van der Waals surface area contributed by atoms with Crippen LogP contribution in [0.2, 0.25) is 0 Å². The largest absolute Gasteiger partial charge is 0.497 e. The van der Waals surface area contributed by atoms with E-state index in [1.165, 1.54) is 11.3 Å². The first-order chi connectivity index (χ1) is 16.1. The molecule has 170 valence electrons. The molecule has 2 aromatic heterocycles. The number of benzene rings is 2. The molecule has 0 spiro atoms. The molecule has 0 saturated carbocycles. The number of nitrogens with zero attached hydrogens (tertiary/aromatic N) is 2. The number of rotatable bonds is 6. The van der Waals surface area contributed by atoms with Gasteiger partial charge in [-0.25, -0.2) is 0 Å². The normalized spacial score (nSPS) is 16.1. The van der Waals surface area contributed by atoms with E-state index in [9.17, 15) is 4.79 Å². The van der Waals surface area contributed by atoms with Crippen LogP contribution in [-0.4, -0.2) is 56.0 Å². The lowest BCUT2D eigenvalue weighted by atomic mass is 9.99. The smallest absolute Gasteiger partial charge is 0.265 e. The maximum absolute atomic E-state index is 13.1. The predicted molar refractivity (Wildman–Crippen MR) is 132 cm³/mol. The van der Waals surface area contributed by atoms with Crippen molar-refractivity contribution in [1.82, 2.24) is 9.80 Å². The van der Waals surface area contributed by atoms with E-state index in [1.54, 1.807) is 7.11 Å². The van der Waals surface area contributed by atoms with Crippen LogP contribution in [0.1, 0.15) is 27.0 Å². The van der Waals surface area contributed by atoms with Crippen LogP contribution in [0.25, 0.3) is 11.0 Å². The maximum atomic E-state index is 13.1. The molecule has 1 aliphatic heterocycles. The lowest BCUT2D eigenvalue weighted by molar-refractivity contribution is 0.102. The van der Waals surface area contributed by atoms with Crippen molar-refractivity contribution in [2.45, 2.75) is 6.04 Å². The lowest BCUT2D eigenvalue weighted by Crippen LogP contribution is -2.46. The second kappa shape index (κ2) is 9.39. The lowest BCUT2D eigenvalue weighted by Gasteiger charge is -2.37. The van der Waals surface area contributed by atoms with Gasteiger partial charge in [-0.05, 0) is 48.3 Å². The molecule has 4 aromatic rings. The number of carbonyl (C=O) groups is 1. The molecule has 1 saturated heterocycles. The highest BCUT2D eigenvalue weighted by molar-refractivity contribution is 7.12. The SMILES string of the molecule is COc1ccc(C(c2oc3ccccc3c2NC(=O)c2cccs2)N2CCN(C)CC2)cc1. The fourth-order valence-corrected chi connectivity index (χ4v) is 4.98. The summed E-state index contributed by atoms with van der Waals surface area (Å²) in [6, 6.07) is 19.6. The van der Waals surface area contributed by atoms with Crippen molar-refractivity contribution in [2.24, 2.45) is 0 Å². The summed E-state index contributed by atoms with van der Waals surface area (Å²) in [6.07, 6.45) is 0. The standard InChI is InChI=1S/C26H27N3O3S/c1-28-13-15-29(16-14-28)24(18-9-11-19(31-2)12-10-18)25-23(20-6-3-4-7-21(20)32-25)27-26(30)22-8-5-17-33-22/h3-12,17,24H,13-16H2,1-2H3,(H,27,30). The monoisotopic (exact) mass is 461 g/mol. The van der Waals surface area contributed by atoms with Gasteiger partial charge in [0.2, 0.25) is 0 Å². The summed E-state index contributed by atoms with van der Waals surface area (Å²) in [5, 5.41) is 5.99. The molecule has 1 N–H and O–H groups in total. The van der Waals surface area contributed by atoms with Gasteiger partial charge in [-0.15, -0.1) is 11.3 Å². The van der Waals surface area contributed by atoms with Gasteiger partial charge in [0.05, 0.1) is 23.7 Å². The van der Waals surface area contributed by atoms with Crippen molar-refractivity contribution in [3.8, 4) is 5.75 Å². The molecular weight excluding hydrogens is 434 g/mol. The molecule has 33 heavy (non-hydrogen) atoms. The van der Waals surface area contributed by atoms with Crippen molar-refractivity contribution in [1.29, 1.82) is 0 Å². The summed E-state index contributed by atoms with van der Waals surface area (Å²) in [5.41, 5.74) is 2.61. The van der Waals surface area contributed by atoms with Crippen LogP contribution in [0.3, 0.4) is 0 Å². The highest BCUT2D eigenvalue weighted by Crippen LogP contribution is 2.41. The number of carbonyl (C=O) groups excluding carboxylic acids is 1. The number of ether oxygens (including phenoxy) is 1. The van der Waals surface area contributed by atoms with Gasteiger partial charge in [0.15, 0.2) is 0 Å². The number of fused-ring (bicyclic) bond motifs is 1. The number of amides is 1. The zero-order chi connectivity index (χ0) is 22.8. The predicted octanol–water partition coefficient (Wildman–Crippen LogP) is 5.09. The van der Waals surface area contributed by atoms with Crippen LogP contribution in [0.4, 0.5) is 5.69 Å². The minimum atomic E-state index is -0.129. The number of piperazine rings is 1. The topological polar surface area (TPSA) is 58.0 Å². The number of methoxy groups -OCH3 is 1. The van der Waals surface area contributed by atoms with Gasteiger partial charge in [-0.3, -0.25) is 9.69 Å². The third-order valence-corrected chi connectivity index (χ3v) is 7.06. The van der Waals surface area contributed by atoms with Crippen LogP contribution >= 0.6 is 11.3 Å². The molecule has 1 atom stereocenters. The van der Waals surface area contributed by atoms with E-state index in [0.29, 0.717) is 4.88 Å². The number of hydrogen-bond donors (Lipinski definition) is 1. The van der Waals surface area contributed by atoms with Gasteiger partial charge in [0.1, 0.15) is 17.1 Å². The summed E-state index contributed by atoms with van der Waals surface area (Å²) >= 11 is 1.43. The summed E-state index contributed by atoms with van der Waals surface area (Å²) in [4.78, 5) is 18.5. The number of likely N-dealkylation sites (N-methyl/N-ethyl adjacent to an activating group) is 1. The Morgan fingerprint density at radius 2 is 1.79 bits per heavy atom. The van der Waals surface area contributed by atoms with Crippen molar-refractivity contribution in [3.05, 3.63) is 82.2 Å². The molecule has 0 aliphatic carbocycles. The Morgan fingerprint density at radius 3 is 2.48 bits per heavy atom. The Morgan fingerprint density at radius 1 is 1.03 bits per heavy atom. The first-order valence-electron chi connectivity index (χ1n) is 11.1. The number of thiophene rings is 1. The molecule has 6 nitrogen and oxygen atoms in total. The van der Waals surface area contributed by atoms with Crippen molar-refractivity contribution < 1.29 is 13.9 Å². The van der Waals surface area contributed by atoms with Gasteiger partial charge in [0.25, 0.3) is 5.91 Å². The zero-order valence-corrected chi connectivity index (χ0v) is 19.6. The highest BCUT2D eigenvalue weighted by Gasteiger charge is 2.32. The molecule has 1 amide bonds. The van der Waals surface area contributed by atoms with Crippen molar-refractivity contribution >= 4 is 33.9 Å². The Balaban J connectivity index is 1.62. The molecule has 1 unspecified atom stereocenters. The van der Waals surface area contributed by atoms with E-state index in [0.717, 1.165) is 59.9 Å². The quantitative estimate of drug-likeness (QED) is 0.433. The van der Waals surface area contributed by atoms with Crippen molar-refractivity contribution in [2.75, 3.05) is 45.7 Å². The van der Waals surface area contributed by atoms with E-state index in [1.807, 2.05) is 53.9 Å². The minimum Gasteiger partial charge on any atom is -0.497 e. The summed E-state index contributed by atoms with van der Waals surface area (Å²) in [5.74, 6) is 1.45. The first kappa shape index (κ1) is 21.7. The van der Waals surface area contributed by atoms with Crippen LogP contribution in [0.15, 0.2) is 70.5 Å². The molecule has 2 aromatic carbocycles. The molecular formula is C26H27N3O3S. The fourth-order valence-electron chi connectivity index (χ4n) is 4.36. The average Bonchev–Trinajstić information content (AvgIpc) is 3.50. The summed E-state index contributed by atoms with van der Waals surface area (Å²) in [6.45, 7) is 3.76. The van der Waals surface area contributed by atoms with E-state index < -0.39 is 0 Å².